The number of carbonyl (C=O) groups excluding carboxylic acids is 3. The molecule has 6 nitrogen and oxygen atoms in total. The lowest BCUT2D eigenvalue weighted by Gasteiger charge is -2.41. The molecule has 4 rings (SSSR count). The first-order valence-electron chi connectivity index (χ1n) is 8.98. The number of aryl methyl sites for hydroxylation is 1. The van der Waals surface area contributed by atoms with Gasteiger partial charge in [-0.1, -0.05) is 6.07 Å². The molecule has 0 heterocycles. The van der Waals surface area contributed by atoms with Gasteiger partial charge in [-0.15, -0.1) is 0 Å². The highest BCUT2D eigenvalue weighted by Crippen LogP contribution is 2.49. The highest BCUT2D eigenvalue weighted by Gasteiger charge is 2.49. The van der Waals surface area contributed by atoms with E-state index >= 15 is 0 Å². The Morgan fingerprint density at radius 1 is 1.11 bits per heavy atom. The van der Waals surface area contributed by atoms with Gasteiger partial charge in [0.15, 0.2) is 17.3 Å². The van der Waals surface area contributed by atoms with Gasteiger partial charge in [0.1, 0.15) is 17.3 Å². The monoisotopic (exact) mass is 368 g/mol. The number of ketones is 3. The van der Waals surface area contributed by atoms with Gasteiger partial charge in [0.25, 0.3) is 0 Å². The number of rotatable bonds is 1. The van der Waals surface area contributed by atoms with E-state index in [0.717, 1.165) is 11.1 Å². The van der Waals surface area contributed by atoms with Crippen molar-refractivity contribution in [1.29, 1.82) is 0 Å². The molecule has 0 aliphatic heterocycles. The summed E-state index contributed by atoms with van der Waals surface area (Å²) < 4.78 is 0. The first-order chi connectivity index (χ1) is 12.7. The van der Waals surface area contributed by atoms with Crippen LogP contribution in [0.25, 0.3) is 0 Å². The van der Waals surface area contributed by atoms with Crippen molar-refractivity contribution in [2.45, 2.75) is 33.1 Å². The molecule has 0 radical (unpaired) electrons. The molecule has 0 amide bonds. The average molecular weight is 368 g/mol. The fourth-order valence-corrected chi connectivity index (χ4v) is 4.91. The Kier molecular flexibility index (Phi) is 3.77. The number of hydrogen-bond donors (Lipinski definition) is 3. The van der Waals surface area contributed by atoms with E-state index in [2.05, 4.69) is 0 Å². The van der Waals surface area contributed by atoms with Gasteiger partial charge in [-0.3, -0.25) is 14.4 Å². The van der Waals surface area contributed by atoms with Crippen molar-refractivity contribution in [1.82, 2.24) is 0 Å². The number of aliphatic hydroxyl groups is 2. The number of aromatic hydroxyl groups is 1. The van der Waals surface area contributed by atoms with Crippen LogP contribution in [0.15, 0.2) is 34.8 Å². The maximum Gasteiger partial charge on any atom is 0.196 e. The van der Waals surface area contributed by atoms with Gasteiger partial charge in [-0.2, -0.15) is 0 Å². The SMILES string of the molecule is CC(=O)C1=C(O)CC2CC3Cc4c(C)ccc(O)c4C(=O)C3=C(O)C2C1=O. The van der Waals surface area contributed by atoms with E-state index in [1.165, 1.54) is 13.0 Å². The number of allylic oxidation sites excluding steroid dienone is 4. The van der Waals surface area contributed by atoms with Gasteiger partial charge in [-0.25, -0.2) is 0 Å². The number of hydrogen-bond acceptors (Lipinski definition) is 6. The van der Waals surface area contributed by atoms with Crippen molar-refractivity contribution in [2.75, 3.05) is 0 Å². The van der Waals surface area contributed by atoms with E-state index in [9.17, 15) is 29.7 Å². The molecule has 0 saturated carbocycles. The Bertz CT molecular complexity index is 981. The van der Waals surface area contributed by atoms with E-state index in [0.29, 0.717) is 12.8 Å². The van der Waals surface area contributed by atoms with Crippen LogP contribution in [0.5, 0.6) is 5.75 Å². The second-order valence-electron chi connectivity index (χ2n) is 7.70. The first-order valence-corrected chi connectivity index (χ1v) is 8.98. The van der Waals surface area contributed by atoms with E-state index < -0.39 is 23.3 Å². The van der Waals surface area contributed by atoms with Gasteiger partial charge in [0.2, 0.25) is 0 Å². The lowest BCUT2D eigenvalue weighted by atomic mass is 9.62. The van der Waals surface area contributed by atoms with Crippen LogP contribution in [0, 0.1) is 24.7 Å². The summed E-state index contributed by atoms with van der Waals surface area (Å²) in [6.07, 6.45) is 1.05. The fourth-order valence-electron chi connectivity index (χ4n) is 4.91. The van der Waals surface area contributed by atoms with Crippen molar-refractivity contribution >= 4 is 17.3 Å². The van der Waals surface area contributed by atoms with Gasteiger partial charge >= 0.3 is 0 Å². The lowest BCUT2D eigenvalue weighted by Crippen LogP contribution is -2.42. The molecule has 3 aliphatic rings. The predicted molar refractivity (Wildman–Crippen MR) is 95.6 cm³/mol. The number of benzene rings is 1. The number of phenolic OH excluding ortho intramolecular Hbond substituents is 1. The summed E-state index contributed by atoms with van der Waals surface area (Å²) in [7, 11) is 0. The molecule has 0 bridgehead atoms. The molecular weight excluding hydrogens is 348 g/mol. The minimum Gasteiger partial charge on any atom is -0.511 e. The topological polar surface area (TPSA) is 112 Å². The second-order valence-corrected chi connectivity index (χ2v) is 7.70. The van der Waals surface area contributed by atoms with Crippen LogP contribution in [0.2, 0.25) is 0 Å². The summed E-state index contributed by atoms with van der Waals surface area (Å²) in [5.41, 5.74) is 1.69. The van der Waals surface area contributed by atoms with E-state index in [1.807, 2.05) is 6.92 Å². The van der Waals surface area contributed by atoms with Crippen LogP contribution < -0.4 is 0 Å². The van der Waals surface area contributed by atoms with Gasteiger partial charge in [0.05, 0.1) is 17.1 Å². The van der Waals surface area contributed by atoms with E-state index in [-0.39, 0.29) is 52.2 Å². The third-order valence-corrected chi connectivity index (χ3v) is 6.11. The molecule has 0 fully saturated rings. The van der Waals surface area contributed by atoms with Crippen molar-refractivity contribution in [3.63, 3.8) is 0 Å². The van der Waals surface area contributed by atoms with Gasteiger partial charge in [0, 0.05) is 12.0 Å². The van der Waals surface area contributed by atoms with Crippen molar-refractivity contribution in [3.05, 3.63) is 51.5 Å². The molecule has 1 aromatic carbocycles. The van der Waals surface area contributed by atoms with E-state index in [1.54, 1.807) is 6.07 Å². The molecule has 6 heteroatoms. The Balaban J connectivity index is 1.86. The van der Waals surface area contributed by atoms with Crippen molar-refractivity contribution < 1.29 is 29.7 Å². The van der Waals surface area contributed by atoms with Crippen LogP contribution in [0.1, 0.15) is 41.3 Å². The predicted octanol–water partition coefficient (Wildman–Crippen LogP) is 2.88. The highest BCUT2D eigenvalue weighted by molar-refractivity contribution is 6.22. The first kappa shape index (κ1) is 17.5. The number of aliphatic hydroxyl groups excluding tert-OH is 2. The summed E-state index contributed by atoms with van der Waals surface area (Å²) >= 11 is 0. The van der Waals surface area contributed by atoms with E-state index in [4.69, 9.17) is 0 Å². The van der Waals surface area contributed by atoms with Crippen LogP contribution in [0.3, 0.4) is 0 Å². The summed E-state index contributed by atoms with van der Waals surface area (Å²) in [5, 5.41) is 31.2. The molecule has 3 atom stereocenters. The molecule has 1 aromatic rings. The zero-order valence-electron chi connectivity index (χ0n) is 15.1. The minimum absolute atomic E-state index is 0.124. The third kappa shape index (κ3) is 2.36. The Hall–Kier alpha value is -2.89. The number of phenols is 1. The normalized spacial score (nSPS) is 27.3. The molecule has 3 unspecified atom stereocenters. The highest BCUT2D eigenvalue weighted by atomic mass is 16.3. The molecule has 140 valence electrons. The van der Waals surface area contributed by atoms with Crippen molar-refractivity contribution in [2.24, 2.45) is 17.8 Å². The Morgan fingerprint density at radius 2 is 1.81 bits per heavy atom. The quantitative estimate of drug-likeness (QED) is 0.657. The maximum atomic E-state index is 13.1. The van der Waals surface area contributed by atoms with Crippen molar-refractivity contribution in [3.8, 4) is 5.75 Å². The Labute approximate surface area is 155 Å². The fraction of sp³-hybridized carbons (Fsp3) is 0.381. The zero-order valence-corrected chi connectivity index (χ0v) is 15.1. The Morgan fingerprint density at radius 3 is 2.48 bits per heavy atom. The van der Waals surface area contributed by atoms with Crippen LogP contribution in [0.4, 0.5) is 0 Å². The summed E-state index contributed by atoms with van der Waals surface area (Å²) in [6.45, 7) is 3.06. The standard InChI is InChI=1S/C21H20O6/c1-8-3-4-13(23)18-12(8)6-10-5-11-7-14(24)15(9(2)22)19(25)17(11)20(26)16(10)21(18)27/h3-4,10-11,17,23-24,26H,5-7H2,1-2H3. The second kappa shape index (κ2) is 5.81. The molecular formula is C21H20O6. The largest absolute Gasteiger partial charge is 0.511 e. The number of carbonyl (C=O) groups is 3. The molecule has 0 saturated heterocycles. The average Bonchev–Trinajstić information content (AvgIpc) is 2.57. The van der Waals surface area contributed by atoms with Crippen LogP contribution in [-0.4, -0.2) is 32.7 Å². The minimum atomic E-state index is -0.997. The molecule has 27 heavy (non-hydrogen) atoms. The van der Waals surface area contributed by atoms with Crippen LogP contribution in [-0.2, 0) is 16.0 Å². The maximum absolute atomic E-state index is 13.1. The molecule has 0 spiro atoms. The zero-order chi connectivity index (χ0) is 19.6. The third-order valence-electron chi connectivity index (χ3n) is 6.11. The van der Waals surface area contributed by atoms with Gasteiger partial charge < -0.3 is 15.3 Å². The van der Waals surface area contributed by atoms with Gasteiger partial charge in [-0.05, 0) is 55.7 Å². The van der Waals surface area contributed by atoms with Crippen LogP contribution >= 0.6 is 0 Å². The number of fused-ring (bicyclic) bond motifs is 3. The summed E-state index contributed by atoms with van der Waals surface area (Å²) in [4.78, 5) is 37.6. The molecule has 3 N–H and O–H groups in total. The summed E-state index contributed by atoms with van der Waals surface area (Å²) in [6, 6.07) is 3.20. The number of Topliss-reactive ketones (excluding diaryl/α,β-unsaturated/α-hetero) is 3. The lowest BCUT2D eigenvalue weighted by molar-refractivity contribution is -0.125. The summed E-state index contributed by atoms with van der Waals surface area (Å²) in [5.74, 6) is -3.98. The molecule has 0 aromatic heterocycles. The molecule has 3 aliphatic carbocycles. The smallest absolute Gasteiger partial charge is 0.196 e.